The second-order valence-electron chi connectivity index (χ2n) is 4.98. The van der Waals surface area contributed by atoms with Crippen molar-refractivity contribution < 1.29 is 8.42 Å². The predicted octanol–water partition coefficient (Wildman–Crippen LogP) is 2.87. The molecule has 6 heteroatoms. The second-order valence-corrected chi connectivity index (χ2v) is 8.00. The highest BCUT2D eigenvalue weighted by atomic mass is 32.2. The van der Waals surface area contributed by atoms with E-state index in [9.17, 15) is 8.42 Å². The molecule has 1 aliphatic rings. The third-order valence-electron chi connectivity index (χ3n) is 3.70. The first-order chi connectivity index (χ1) is 9.05. The quantitative estimate of drug-likeness (QED) is 0.929. The zero-order valence-corrected chi connectivity index (χ0v) is 12.6. The van der Waals surface area contributed by atoms with Gasteiger partial charge in [0.2, 0.25) is 10.0 Å². The van der Waals surface area contributed by atoms with Crippen LogP contribution in [0.4, 0.5) is 0 Å². The van der Waals surface area contributed by atoms with Gasteiger partial charge in [0.05, 0.1) is 0 Å². The Balaban J connectivity index is 2.00. The van der Waals surface area contributed by atoms with Crippen molar-refractivity contribution in [2.75, 3.05) is 0 Å². The molecular formula is C13H18N2O2S2. The van der Waals surface area contributed by atoms with Gasteiger partial charge >= 0.3 is 0 Å². The Hall–Kier alpha value is -0.900. The third-order valence-corrected chi connectivity index (χ3v) is 6.70. The van der Waals surface area contributed by atoms with E-state index < -0.39 is 10.0 Å². The molecule has 2 rings (SSSR count). The van der Waals surface area contributed by atoms with E-state index in [4.69, 9.17) is 5.26 Å². The second kappa shape index (κ2) is 6.04. The van der Waals surface area contributed by atoms with Gasteiger partial charge in [-0.25, -0.2) is 13.1 Å². The van der Waals surface area contributed by atoms with Crippen LogP contribution < -0.4 is 4.72 Å². The van der Waals surface area contributed by atoms with Gasteiger partial charge in [-0.05, 0) is 43.7 Å². The lowest BCUT2D eigenvalue weighted by Crippen LogP contribution is -2.37. The summed E-state index contributed by atoms with van der Waals surface area (Å²) in [6, 6.07) is 5.06. The molecule has 0 unspecified atom stereocenters. The van der Waals surface area contributed by atoms with Gasteiger partial charge in [-0.1, -0.05) is 13.3 Å². The lowest BCUT2D eigenvalue weighted by molar-refractivity contribution is 0.306. The Morgan fingerprint density at radius 2 is 2.05 bits per heavy atom. The Morgan fingerprint density at radius 3 is 2.58 bits per heavy atom. The maximum Gasteiger partial charge on any atom is 0.250 e. The molecule has 1 fully saturated rings. The van der Waals surface area contributed by atoms with E-state index in [2.05, 4.69) is 11.6 Å². The number of thiophene rings is 1. The zero-order valence-electron chi connectivity index (χ0n) is 10.9. The highest BCUT2D eigenvalue weighted by Crippen LogP contribution is 2.28. The molecule has 0 aliphatic heterocycles. The van der Waals surface area contributed by atoms with Gasteiger partial charge in [-0.2, -0.15) is 5.26 Å². The smallest absolute Gasteiger partial charge is 0.207 e. The van der Waals surface area contributed by atoms with Crippen molar-refractivity contribution in [1.82, 2.24) is 4.72 Å². The van der Waals surface area contributed by atoms with Gasteiger partial charge in [0.1, 0.15) is 15.2 Å². The molecule has 0 saturated heterocycles. The third kappa shape index (κ3) is 3.56. The first-order valence-electron chi connectivity index (χ1n) is 6.57. The van der Waals surface area contributed by atoms with Crippen molar-refractivity contribution in [1.29, 1.82) is 5.26 Å². The Kier molecular flexibility index (Phi) is 4.61. The fourth-order valence-corrected chi connectivity index (χ4v) is 4.92. The molecule has 0 radical (unpaired) electrons. The topological polar surface area (TPSA) is 70.0 Å². The molecule has 0 bridgehead atoms. The van der Waals surface area contributed by atoms with Crippen molar-refractivity contribution in [2.24, 2.45) is 5.92 Å². The van der Waals surface area contributed by atoms with Crippen LogP contribution in [0.5, 0.6) is 0 Å². The van der Waals surface area contributed by atoms with Crippen LogP contribution in [0, 0.1) is 17.2 Å². The highest BCUT2D eigenvalue weighted by molar-refractivity contribution is 7.91. The number of sulfonamides is 1. The molecule has 0 spiro atoms. The standard InChI is InChI=1S/C13H18N2O2S2/c1-2-10-3-5-11(6-4-10)15-19(16,17)13-8-7-12(9-14)18-13/h7-8,10-11,15H,2-6H2,1H3. The van der Waals surface area contributed by atoms with Crippen molar-refractivity contribution in [3.63, 3.8) is 0 Å². The number of hydrogen-bond donors (Lipinski definition) is 1. The summed E-state index contributed by atoms with van der Waals surface area (Å²) in [6.07, 6.45) is 5.19. The zero-order chi connectivity index (χ0) is 13.9. The van der Waals surface area contributed by atoms with Crippen molar-refractivity contribution >= 4 is 21.4 Å². The van der Waals surface area contributed by atoms with Gasteiger partial charge in [0.25, 0.3) is 0 Å². The molecule has 0 amide bonds. The molecule has 19 heavy (non-hydrogen) atoms. The Bertz CT molecular complexity index is 564. The summed E-state index contributed by atoms with van der Waals surface area (Å²) < 4.78 is 27.3. The van der Waals surface area contributed by atoms with Gasteiger partial charge in [0.15, 0.2) is 0 Å². The molecule has 1 aliphatic carbocycles. The van der Waals surface area contributed by atoms with Crippen molar-refractivity contribution in [2.45, 2.75) is 49.3 Å². The van der Waals surface area contributed by atoms with E-state index in [1.807, 2.05) is 6.07 Å². The van der Waals surface area contributed by atoms with Crippen LogP contribution in [0.3, 0.4) is 0 Å². The van der Waals surface area contributed by atoms with Crippen LogP contribution in [0.2, 0.25) is 0 Å². The van der Waals surface area contributed by atoms with Crippen LogP contribution in [0.1, 0.15) is 43.9 Å². The van der Waals surface area contributed by atoms with Crippen molar-refractivity contribution in [3.8, 4) is 6.07 Å². The summed E-state index contributed by atoms with van der Waals surface area (Å²) in [4.78, 5) is 0.426. The monoisotopic (exact) mass is 298 g/mol. The summed E-state index contributed by atoms with van der Waals surface area (Å²) >= 11 is 1.02. The van der Waals surface area contributed by atoms with Crippen LogP contribution in [-0.2, 0) is 10.0 Å². The maximum atomic E-state index is 12.2. The summed E-state index contributed by atoms with van der Waals surface area (Å²) in [5.74, 6) is 0.743. The minimum Gasteiger partial charge on any atom is -0.207 e. The lowest BCUT2D eigenvalue weighted by atomic mass is 9.85. The molecular weight excluding hydrogens is 280 g/mol. The number of nitrogens with zero attached hydrogens (tertiary/aromatic N) is 1. The first kappa shape index (κ1) is 14.5. The number of nitriles is 1. The van der Waals surface area contributed by atoms with Gasteiger partial charge in [0, 0.05) is 6.04 Å². The van der Waals surface area contributed by atoms with Gasteiger partial charge in [-0.3, -0.25) is 0 Å². The fourth-order valence-electron chi connectivity index (χ4n) is 2.49. The summed E-state index contributed by atoms with van der Waals surface area (Å²) in [5, 5.41) is 8.74. The van der Waals surface area contributed by atoms with E-state index in [1.54, 1.807) is 6.07 Å². The lowest BCUT2D eigenvalue weighted by Gasteiger charge is -2.27. The largest absolute Gasteiger partial charge is 0.250 e. The molecule has 1 N–H and O–H groups in total. The summed E-state index contributed by atoms with van der Waals surface area (Å²) in [5.41, 5.74) is 0. The minimum atomic E-state index is -3.46. The first-order valence-corrected chi connectivity index (χ1v) is 8.87. The predicted molar refractivity (Wildman–Crippen MR) is 75.4 cm³/mol. The van der Waals surface area contributed by atoms with Crippen LogP contribution in [-0.4, -0.2) is 14.5 Å². The molecule has 1 aromatic rings. The van der Waals surface area contributed by atoms with Crippen LogP contribution in [0.15, 0.2) is 16.3 Å². The molecule has 0 atom stereocenters. The normalized spacial score (nSPS) is 24.0. The average molecular weight is 298 g/mol. The Labute approximate surface area is 118 Å². The number of rotatable bonds is 4. The van der Waals surface area contributed by atoms with E-state index in [0.29, 0.717) is 4.88 Å². The molecule has 0 aromatic carbocycles. The summed E-state index contributed by atoms with van der Waals surface area (Å²) in [7, 11) is -3.46. The summed E-state index contributed by atoms with van der Waals surface area (Å²) in [6.45, 7) is 2.18. The molecule has 1 aromatic heterocycles. The molecule has 4 nitrogen and oxygen atoms in total. The SMILES string of the molecule is CCC1CCC(NS(=O)(=O)c2ccc(C#N)s2)CC1. The number of nitrogens with one attached hydrogen (secondary N) is 1. The molecule has 104 valence electrons. The molecule has 1 saturated carbocycles. The van der Waals surface area contributed by atoms with E-state index in [1.165, 1.54) is 12.5 Å². The minimum absolute atomic E-state index is 0.0421. The van der Waals surface area contributed by atoms with Gasteiger partial charge in [-0.15, -0.1) is 11.3 Å². The van der Waals surface area contributed by atoms with E-state index in [-0.39, 0.29) is 10.3 Å². The highest BCUT2D eigenvalue weighted by Gasteiger charge is 2.25. The van der Waals surface area contributed by atoms with Gasteiger partial charge < -0.3 is 0 Å². The van der Waals surface area contributed by atoms with E-state index >= 15 is 0 Å². The average Bonchev–Trinajstić information content (AvgIpc) is 2.89. The van der Waals surface area contributed by atoms with Crippen LogP contribution in [0.25, 0.3) is 0 Å². The fraction of sp³-hybridized carbons (Fsp3) is 0.615. The maximum absolute atomic E-state index is 12.2. The van der Waals surface area contributed by atoms with Crippen LogP contribution >= 0.6 is 11.3 Å². The number of hydrogen-bond acceptors (Lipinski definition) is 4. The van der Waals surface area contributed by atoms with Crippen molar-refractivity contribution in [3.05, 3.63) is 17.0 Å². The molecule has 1 heterocycles. The van der Waals surface area contributed by atoms with E-state index in [0.717, 1.165) is 42.9 Å². The Morgan fingerprint density at radius 1 is 1.37 bits per heavy atom.